The molecular weight excluding hydrogens is 349 g/mol. The average molecular weight is 367 g/mol. The van der Waals surface area contributed by atoms with Crippen LogP contribution < -0.4 is 25.7 Å². The first kappa shape index (κ1) is 16.6. The van der Waals surface area contributed by atoms with Crippen LogP contribution in [0.25, 0.3) is 0 Å². The number of aliphatic imine (C=N–C) groups is 1. The van der Waals surface area contributed by atoms with E-state index in [4.69, 9.17) is 25.7 Å². The van der Waals surface area contributed by atoms with Gasteiger partial charge in [0.2, 0.25) is 0 Å². The van der Waals surface area contributed by atoms with Crippen molar-refractivity contribution < 1.29 is 14.2 Å². The minimum absolute atomic E-state index is 0. The quantitative estimate of drug-likeness (QED) is 0.462. The Kier molecular flexibility index (Phi) is 7.25. The van der Waals surface area contributed by atoms with Crippen LogP contribution in [-0.4, -0.2) is 27.3 Å². The number of benzene rings is 1. The SMILES string of the molecule is COc1cc(OC)c(OC)cc1CN=C(N)N.I. The number of rotatable bonds is 5. The molecule has 0 unspecified atom stereocenters. The van der Waals surface area contributed by atoms with Gasteiger partial charge in [-0.2, -0.15) is 0 Å². The fourth-order valence-electron chi connectivity index (χ4n) is 1.39. The number of nitrogens with zero attached hydrogens (tertiary/aromatic N) is 1. The molecule has 18 heavy (non-hydrogen) atoms. The molecule has 0 fully saturated rings. The fourth-order valence-corrected chi connectivity index (χ4v) is 1.39. The van der Waals surface area contributed by atoms with Gasteiger partial charge in [0.25, 0.3) is 0 Å². The number of nitrogens with two attached hydrogens (primary N) is 2. The van der Waals surface area contributed by atoms with Crippen molar-refractivity contribution in [1.29, 1.82) is 0 Å². The summed E-state index contributed by atoms with van der Waals surface area (Å²) in [5.41, 5.74) is 11.4. The van der Waals surface area contributed by atoms with Crippen molar-refractivity contribution in [2.24, 2.45) is 16.5 Å². The molecule has 102 valence electrons. The van der Waals surface area contributed by atoms with Crippen LogP contribution in [0.5, 0.6) is 17.2 Å². The first-order valence-electron chi connectivity index (χ1n) is 4.96. The van der Waals surface area contributed by atoms with Crippen LogP contribution in [0.2, 0.25) is 0 Å². The summed E-state index contributed by atoms with van der Waals surface area (Å²) in [6.07, 6.45) is 0. The lowest BCUT2D eigenvalue weighted by atomic mass is 10.1. The molecule has 1 aromatic rings. The third-order valence-corrected chi connectivity index (χ3v) is 2.22. The van der Waals surface area contributed by atoms with Crippen molar-refractivity contribution in [2.75, 3.05) is 21.3 Å². The molecule has 1 rings (SSSR count). The Labute approximate surface area is 123 Å². The second-order valence-electron chi connectivity index (χ2n) is 3.26. The highest BCUT2D eigenvalue weighted by atomic mass is 127. The minimum Gasteiger partial charge on any atom is -0.496 e. The van der Waals surface area contributed by atoms with Crippen molar-refractivity contribution in [3.63, 3.8) is 0 Å². The summed E-state index contributed by atoms with van der Waals surface area (Å²) in [5, 5.41) is 0. The summed E-state index contributed by atoms with van der Waals surface area (Å²) >= 11 is 0. The van der Waals surface area contributed by atoms with E-state index in [0.29, 0.717) is 23.8 Å². The Bertz CT molecular complexity index is 420. The molecule has 1 aromatic carbocycles. The normalized spacial score (nSPS) is 9.06. The second kappa shape index (κ2) is 7.85. The van der Waals surface area contributed by atoms with Gasteiger partial charge in [0, 0.05) is 11.6 Å². The number of hydrogen-bond acceptors (Lipinski definition) is 4. The summed E-state index contributed by atoms with van der Waals surface area (Å²) < 4.78 is 15.6. The Morgan fingerprint density at radius 3 is 1.94 bits per heavy atom. The van der Waals surface area contributed by atoms with Crippen molar-refractivity contribution in [3.05, 3.63) is 17.7 Å². The van der Waals surface area contributed by atoms with Crippen LogP contribution >= 0.6 is 24.0 Å². The fraction of sp³-hybridized carbons (Fsp3) is 0.364. The predicted molar refractivity (Wildman–Crippen MR) is 81.0 cm³/mol. The van der Waals surface area contributed by atoms with E-state index in [0.717, 1.165) is 5.56 Å². The summed E-state index contributed by atoms with van der Waals surface area (Å²) in [6.45, 7) is 0.325. The van der Waals surface area contributed by atoms with Gasteiger partial charge < -0.3 is 25.7 Å². The number of halogens is 1. The Hall–Kier alpha value is -1.38. The first-order chi connectivity index (χ1) is 8.12. The van der Waals surface area contributed by atoms with Crippen LogP contribution in [0.3, 0.4) is 0 Å². The molecule has 0 bridgehead atoms. The Morgan fingerprint density at radius 1 is 1.00 bits per heavy atom. The number of methoxy groups -OCH3 is 3. The zero-order valence-corrected chi connectivity index (χ0v) is 12.9. The lowest BCUT2D eigenvalue weighted by molar-refractivity contribution is 0.347. The molecule has 0 atom stereocenters. The minimum atomic E-state index is 0. The third-order valence-electron chi connectivity index (χ3n) is 2.22. The smallest absolute Gasteiger partial charge is 0.186 e. The highest BCUT2D eigenvalue weighted by Gasteiger charge is 2.11. The van der Waals surface area contributed by atoms with E-state index in [1.165, 1.54) is 0 Å². The van der Waals surface area contributed by atoms with Crippen molar-refractivity contribution in [1.82, 2.24) is 0 Å². The molecule has 4 N–H and O–H groups in total. The van der Waals surface area contributed by atoms with E-state index in [1.807, 2.05) is 0 Å². The Morgan fingerprint density at radius 2 is 1.50 bits per heavy atom. The van der Waals surface area contributed by atoms with Gasteiger partial charge in [-0.25, -0.2) is 4.99 Å². The van der Waals surface area contributed by atoms with E-state index in [9.17, 15) is 0 Å². The molecule has 0 aromatic heterocycles. The van der Waals surface area contributed by atoms with E-state index in [-0.39, 0.29) is 29.9 Å². The van der Waals surface area contributed by atoms with Gasteiger partial charge in [-0.3, -0.25) is 0 Å². The summed E-state index contributed by atoms with van der Waals surface area (Å²) in [7, 11) is 4.70. The zero-order valence-electron chi connectivity index (χ0n) is 10.6. The van der Waals surface area contributed by atoms with E-state index >= 15 is 0 Å². The highest BCUT2D eigenvalue weighted by Crippen LogP contribution is 2.34. The monoisotopic (exact) mass is 367 g/mol. The van der Waals surface area contributed by atoms with E-state index < -0.39 is 0 Å². The zero-order chi connectivity index (χ0) is 12.8. The van der Waals surface area contributed by atoms with Crippen LogP contribution in [0.1, 0.15) is 5.56 Å². The van der Waals surface area contributed by atoms with Crippen LogP contribution in [-0.2, 0) is 6.54 Å². The van der Waals surface area contributed by atoms with Gasteiger partial charge in [0.1, 0.15) is 5.75 Å². The number of hydrogen-bond donors (Lipinski definition) is 2. The maximum absolute atomic E-state index is 5.29. The molecule has 0 spiro atoms. The molecule has 0 amide bonds. The average Bonchev–Trinajstić information content (AvgIpc) is 2.34. The second-order valence-corrected chi connectivity index (χ2v) is 3.26. The van der Waals surface area contributed by atoms with Gasteiger partial charge in [-0.05, 0) is 6.07 Å². The lowest BCUT2D eigenvalue weighted by Gasteiger charge is -2.12. The summed E-state index contributed by atoms with van der Waals surface area (Å²) in [6, 6.07) is 3.51. The van der Waals surface area contributed by atoms with Crippen molar-refractivity contribution in [3.8, 4) is 17.2 Å². The molecule has 0 saturated carbocycles. The number of ether oxygens (including phenoxy) is 3. The maximum atomic E-state index is 5.29. The van der Waals surface area contributed by atoms with Crippen LogP contribution in [0, 0.1) is 0 Å². The van der Waals surface area contributed by atoms with Gasteiger partial charge in [0.05, 0.1) is 27.9 Å². The largest absolute Gasteiger partial charge is 0.496 e. The van der Waals surface area contributed by atoms with Gasteiger partial charge in [-0.1, -0.05) is 0 Å². The maximum Gasteiger partial charge on any atom is 0.186 e. The Balaban J connectivity index is 0.00000289. The first-order valence-corrected chi connectivity index (χ1v) is 4.96. The molecule has 0 aliphatic carbocycles. The standard InChI is InChI=1S/C11H17N3O3.HI/c1-15-8-5-10(17-3)9(16-2)4-7(8)6-14-11(12)13;/h4-5H,6H2,1-3H3,(H4,12,13,14);1H. The predicted octanol–water partition coefficient (Wildman–Crippen LogP) is 1.10. The highest BCUT2D eigenvalue weighted by molar-refractivity contribution is 14.0. The molecule has 0 saturated heterocycles. The molecule has 0 radical (unpaired) electrons. The van der Waals surface area contributed by atoms with Crippen LogP contribution in [0.4, 0.5) is 0 Å². The van der Waals surface area contributed by atoms with E-state index in [1.54, 1.807) is 33.5 Å². The van der Waals surface area contributed by atoms with Gasteiger partial charge >= 0.3 is 0 Å². The molecule has 0 aliphatic rings. The molecular formula is C11H18IN3O3. The third kappa shape index (κ3) is 4.13. The lowest BCUT2D eigenvalue weighted by Crippen LogP contribution is -2.22. The molecule has 0 heterocycles. The van der Waals surface area contributed by atoms with Gasteiger partial charge in [0.15, 0.2) is 17.5 Å². The molecule has 6 nitrogen and oxygen atoms in total. The van der Waals surface area contributed by atoms with E-state index in [2.05, 4.69) is 4.99 Å². The van der Waals surface area contributed by atoms with Crippen LogP contribution in [0.15, 0.2) is 17.1 Å². The topological polar surface area (TPSA) is 92.1 Å². The van der Waals surface area contributed by atoms with Crippen molar-refractivity contribution in [2.45, 2.75) is 6.54 Å². The molecule has 0 aliphatic heterocycles. The summed E-state index contributed by atoms with van der Waals surface area (Å²) in [4.78, 5) is 3.93. The van der Waals surface area contributed by atoms with Crippen molar-refractivity contribution >= 4 is 29.9 Å². The molecule has 7 heteroatoms. The van der Waals surface area contributed by atoms with Gasteiger partial charge in [-0.15, -0.1) is 24.0 Å². The number of guanidine groups is 1. The summed E-state index contributed by atoms with van der Waals surface area (Å²) in [5.74, 6) is 1.88.